The highest BCUT2D eigenvalue weighted by molar-refractivity contribution is 6.30. The smallest absolute Gasteiger partial charge is 0.261 e. The van der Waals surface area contributed by atoms with Gasteiger partial charge in [0.15, 0.2) is 18.2 Å². The van der Waals surface area contributed by atoms with Crippen LogP contribution in [0.3, 0.4) is 0 Å². The molecule has 3 aromatic carbocycles. The van der Waals surface area contributed by atoms with Gasteiger partial charge in [0.1, 0.15) is 6.04 Å². The molecule has 1 atom stereocenters. The molecule has 184 valence electrons. The maximum Gasteiger partial charge on any atom is 0.261 e. The number of nitrogens with one attached hydrogen (secondary N) is 1. The maximum absolute atomic E-state index is 14.1. The monoisotopic (exact) mass is 496 g/mol. The number of halogens is 2. The number of ether oxygens (including phenoxy) is 1. The Labute approximate surface area is 210 Å². The molecule has 0 spiro atoms. The van der Waals surface area contributed by atoms with Crippen molar-refractivity contribution >= 4 is 23.4 Å². The van der Waals surface area contributed by atoms with Gasteiger partial charge in [-0.2, -0.15) is 0 Å². The fourth-order valence-electron chi connectivity index (χ4n) is 3.62. The minimum atomic E-state index is -0.827. The molecule has 35 heavy (non-hydrogen) atoms. The summed E-state index contributed by atoms with van der Waals surface area (Å²) in [6.45, 7) is 5.36. The molecule has 0 aliphatic carbocycles. The zero-order valence-electron chi connectivity index (χ0n) is 20.1. The number of rotatable bonds is 9. The van der Waals surface area contributed by atoms with Crippen LogP contribution < -0.4 is 10.1 Å². The maximum atomic E-state index is 14.1. The second-order valence-electron chi connectivity index (χ2n) is 9.32. The molecule has 3 aromatic rings. The van der Waals surface area contributed by atoms with Gasteiger partial charge in [0.2, 0.25) is 5.91 Å². The fourth-order valence-corrected chi connectivity index (χ4v) is 3.84. The van der Waals surface area contributed by atoms with E-state index in [1.165, 1.54) is 17.0 Å². The number of para-hydroxylation sites is 1. The normalized spacial score (nSPS) is 12.0. The van der Waals surface area contributed by atoms with Gasteiger partial charge in [-0.05, 0) is 56.2 Å². The third-order valence-corrected chi connectivity index (χ3v) is 5.43. The molecular formula is C28H30ClFN2O3. The van der Waals surface area contributed by atoms with E-state index >= 15 is 0 Å². The largest absolute Gasteiger partial charge is 0.481 e. The lowest BCUT2D eigenvalue weighted by atomic mass is 10.0. The first kappa shape index (κ1) is 26.2. The van der Waals surface area contributed by atoms with E-state index in [-0.39, 0.29) is 18.2 Å². The number of hydrogen-bond acceptors (Lipinski definition) is 3. The van der Waals surface area contributed by atoms with Gasteiger partial charge in [0.25, 0.3) is 5.91 Å². The molecule has 0 aromatic heterocycles. The van der Waals surface area contributed by atoms with Crippen LogP contribution in [0.2, 0.25) is 5.02 Å². The van der Waals surface area contributed by atoms with Crippen LogP contribution in [0.25, 0.3) is 0 Å². The third kappa shape index (κ3) is 8.11. The number of benzene rings is 3. The summed E-state index contributed by atoms with van der Waals surface area (Å²) < 4.78 is 19.6. The lowest BCUT2D eigenvalue weighted by Gasteiger charge is -2.33. The number of amides is 2. The molecule has 0 aliphatic heterocycles. The van der Waals surface area contributed by atoms with E-state index in [4.69, 9.17) is 16.3 Å². The molecule has 1 N–H and O–H groups in total. The third-order valence-electron chi connectivity index (χ3n) is 5.20. The molecule has 0 aliphatic rings. The quantitative estimate of drug-likeness (QED) is 0.430. The average molecular weight is 497 g/mol. The van der Waals surface area contributed by atoms with Gasteiger partial charge >= 0.3 is 0 Å². The minimum absolute atomic E-state index is 0.0256. The Morgan fingerprint density at radius 1 is 0.971 bits per heavy atom. The number of carbonyl (C=O) groups is 2. The highest BCUT2D eigenvalue weighted by Crippen LogP contribution is 2.20. The van der Waals surface area contributed by atoms with Gasteiger partial charge in [-0.25, -0.2) is 4.39 Å². The Morgan fingerprint density at radius 3 is 2.29 bits per heavy atom. The highest BCUT2D eigenvalue weighted by Gasteiger charge is 2.32. The van der Waals surface area contributed by atoms with E-state index in [9.17, 15) is 14.0 Å². The molecule has 3 rings (SSSR count). The molecule has 0 radical (unpaired) electrons. The highest BCUT2D eigenvalue weighted by atomic mass is 35.5. The minimum Gasteiger partial charge on any atom is -0.481 e. The topological polar surface area (TPSA) is 58.6 Å². The summed E-state index contributed by atoms with van der Waals surface area (Å²) in [4.78, 5) is 28.4. The van der Waals surface area contributed by atoms with Crippen LogP contribution in [0.15, 0.2) is 78.9 Å². The standard InChI is InChI=1S/C28H30ClFN2O3/c1-28(2,3)31-27(34)24(17-20-10-5-4-6-11-20)32(18-21-12-9-13-22(29)16-21)26(33)19-35-25-15-8-7-14-23(25)30/h4-16,24H,17-19H2,1-3H3,(H,31,34)/t24-/m0/s1. The van der Waals surface area contributed by atoms with Gasteiger partial charge in [-0.15, -0.1) is 0 Å². The number of nitrogens with zero attached hydrogens (tertiary/aromatic N) is 1. The summed E-state index contributed by atoms with van der Waals surface area (Å²) >= 11 is 6.18. The fraction of sp³-hybridized carbons (Fsp3) is 0.286. The van der Waals surface area contributed by atoms with Crippen LogP contribution in [-0.2, 0) is 22.6 Å². The zero-order valence-corrected chi connectivity index (χ0v) is 20.9. The molecule has 0 saturated carbocycles. The lowest BCUT2D eigenvalue weighted by Crippen LogP contribution is -2.55. The predicted octanol–water partition coefficient (Wildman–Crippen LogP) is 5.41. The van der Waals surface area contributed by atoms with Crippen molar-refractivity contribution in [2.24, 2.45) is 0 Å². The van der Waals surface area contributed by atoms with Crippen LogP contribution in [-0.4, -0.2) is 34.9 Å². The summed E-state index contributed by atoms with van der Waals surface area (Å²) in [5.74, 6) is -1.32. The number of carbonyl (C=O) groups excluding carboxylic acids is 2. The van der Waals surface area contributed by atoms with Crippen LogP contribution in [0.4, 0.5) is 4.39 Å². The summed E-state index contributed by atoms with van der Waals surface area (Å²) in [5.41, 5.74) is 1.17. The molecule has 0 unspecified atom stereocenters. The Hall–Kier alpha value is -3.38. The van der Waals surface area contributed by atoms with Crippen molar-refractivity contribution in [3.63, 3.8) is 0 Å². The van der Waals surface area contributed by atoms with E-state index in [0.29, 0.717) is 11.4 Å². The van der Waals surface area contributed by atoms with E-state index in [0.717, 1.165) is 11.1 Å². The van der Waals surface area contributed by atoms with E-state index < -0.39 is 29.9 Å². The first-order chi connectivity index (χ1) is 16.6. The molecule has 5 nitrogen and oxygen atoms in total. The van der Waals surface area contributed by atoms with Crippen molar-refractivity contribution in [1.82, 2.24) is 10.2 Å². The second-order valence-corrected chi connectivity index (χ2v) is 9.75. The van der Waals surface area contributed by atoms with Gasteiger partial charge in [0, 0.05) is 23.5 Å². The van der Waals surface area contributed by atoms with Crippen molar-refractivity contribution in [1.29, 1.82) is 0 Å². The predicted molar refractivity (Wildman–Crippen MR) is 136 cm³/mol. The Balaban J connectivity index is 1.94. The molecule has 0 fully saturated rings. The van der Waals surface area contributed by atoms with Crippen molar-refractivity contribution in [3.8, 4) is 5.75 Å². The summed E-state index contributed by atoms with van der Waals surface area (Å²) in [6, 6.07) is 21.7. The molecule has 2 amide bonds. The van der Waals surface area contributed by atoms with Crippen LogP contribution >= 0.6 is 11.6 Å². The first-order valence-electron chi connectivity index (χ1n) is 11.4. The zero-order chi connectivity index (χ0) is 25.4. The van der Waals surface area contributed by atoms with E-state index in [2.05, 4.69) is 5.32 Å². The van der Waals surface area contributed by atoms with Crippen LogP contribution in [0.5, 0.6) is 5.75 Å². The van der Waals surface area contributed by atoms with E-state index in [1.54, 1.807) is 30.3 Å². The van der Waals surface area contributed by atoms with Crippen molar-refractivity contribution in [3.05, 3.63) is 101 Å². The van der Waals surface area contributed by atoms with Crippen LogP contribution in [0.1, 0.15) is 31.9 Å². The van der Waals surface area contributed by atoms with Crippen LogP contribution in [0, 0.1) is 5.82 Å². The van der Waals surface area contributed by atoms with Gasteiger partial charge in [-0.1, -0.05) is 66.2 Å². The molecule has 0 bridgehead atoms. The van der Waals surface area contributed by atoms with Crippen molar-refractivity contribution in [2.75, 3.05) is 6.61 Å². The van der Waals surface area contributed by atoms with E-state index in [1.807, 2.05) is 57.2 Å². The molecule has 0 heterocycles. The molecule has 7 heteroatoms. The average Bonchev–Trinajstić information content (AvgIpc) is 2.80. The van der Waals surface area contributed by atoms with Crippen molar-refractivity contribution in [2.45, 2.75) is 45.3 Å². The SMILES string of the molecule is CC(C)(C)NC(=O)[C@H](Cc1ccccc1)N(Cc1cccc(Cl)c1)C(=O)COc1ccccc1F. The molecule has 0 saturated heterocycles. The lowest BCUT2D eigenvalue weighted by molar-refractivity contribution is -0.143. The Kier molecular flexibility index (Phi) is 8.88. The molecular weight excluding hydrogens is 467 g/mol. The summed E-state index contributed by atoms with van der Waals surface area (Å²) in [7, 11) is 0. The van der Waals surface area contributed by atoms with Gasteiger partial charge in [0.05, 0.1) is 0 Å². The first-order valence-corrected chi connectivity index (χ1v) is 11.8. The number of hydrogen-bond donors (Lipinski definition) is 1. The summed E-state index contributed by atoms with van der Waals surface area (Å²) in [5, 5.41) is 3.52. The summed E-state index contributed by atoms with van der Waals surface area (Å²) in [6.07, 6.45) is 0.300. The van der Waals surface area contributed by atoms with Gasteiger partial charge in [-0.3, -0.25) is 9.59 Å². The Morgan fingerprint density at radius 2 is 1.63 bits per heavy atom. The Bertz CT molecular complexity index is 1150. The second kappa shape index (κ2) is 11.8. The van der Waals surface area contributed by atoms with Gasteiger partial charge < -0.3 is 15.0 Å². The van der Waals surface area contributed by atoms with Crippen molar-refractivity contribution < 1.29 is 18.7 Å².